The molecule has 0 amide bonds. The van der Waals surface area contributed by atoms with E-state index in [0.717, 1.165) is 34.3 Å². The highest BCUT2D eigenvalue weighted by atomic mass is 14.7. The Kier molecular flexibility index (Phi) is 4.59. The van der Waals surface area contributed by atoms with E-state index >= 15 is 0 Å². The van der Waals surface area contributed by atoms with E-state index in [-0.39, 0.29) is 0 Å². The monoisotopic (exact) mass is 372 g/mol. The average Bonchev–Trinajstić information content (AvgIpc) is 2.80. The van der Waals surface area contributed by atoms with Crippen molar-refractivity contribution in [3.8, 4) is 22.4 Å². The van der Waals surface area contributed by atoms with Crippen LogP contribution < -0.4 is 0 Å². The smallest absolute Gasteiger partial charge is 0.0737 e. The Bertz CT molecular complexity index is 1270. The SMILES string of the molecule is c1ccc(-c2cccc(-c3cccc(Cc4cccc5cccnc45)n3)c2)cc1. The molecule has 0 aliphatic carbocycles. The second kappa shape index (κ2) is 7.69. The van der Waals surface area contributed by atoms with Crippen LogP contribution in [0.2, 0.25) is 0 Å². The minimum absolute atomic E-state index is 0.764. The van der Waals surface area contributed by atoms with E-state index in [1.807, 2.05) is 18.3 Å². The lowest BCUT2D eigenvalue weighted by molar-refractivity contribution is 1.08. The Morgan fingerprint density at radius 3 is 2.28 bits per heavy atom. The first kappa shape index (κ1) is 17.3. The molecule has 2 heterocycles. The van der Waals surface area contributed by atoms with Gasteiger partial charge in [0.2, 0.25) is 0 Å². The van der Waals surface area contributed by atoms with Crippen molar-refractivity contribution in [1.29, 1.82) is 0 Å². The molecular weight excluding hydrogens is 352 g/mol. The molecular formula is C27H20N2. The summed E-state index contributed by atoms with van der Waals surface area (Å²) in [5.41, 5.74) is 7.84. The lowest BCUT2D eigenvalue weighted by atomic mass is 10.0. The molecule has 0 unspecified atom stereocenters. The van der Waals surface area contributed by atoms with Gasteiger partial charge in [-0.05, 0) is 41.0 Å². The fourth-order valence-corrected chi connectivity index (χ4v) is 3.73. The molecule has 0 saturated carbocycles. The number of hydrogen-bond donors (Lipinski definition) is 0. The lowest BCUT2D eigenvalue weighted by Gasteiger charge is -2.09. The van der Waals surface area contributed by atoms with E-state index in [1.165, 1.54) is 16.7 Å². The number of fused-ring (bicyclic) bond motifs is 1. The van der Waals surface area contributed by atoms with E-state index in [0.29, 0.717) is 0 Å². The highest BCUT2D eigenvalue weighted by Crippen LogP contribution is 2.26. The van der Waals surface area contributed by atoms with Crippen LogP contribution in [0.3, 0.4) is 0 Å². The normalized spacial score (nSPS) is 10.9. The standard InChI is InChI=1S/C27H20N2/c1-2-8-20(9-3-1)22-11-5-12-23(18-22)26-16-6-15-25(29-26)19-24-13-4-10-21-14-7-17-28-27(21)24/h1-18H,19H2. The Morgan fingerprint density at radius 1 is 0.586 bits per heavy atom. The summed E-state index contributed by atoms with van der Waals surface area (Å²) in [6, 6.07) is 35.7. The van der Waals surface area contributed by atoms with Crippen molar-refractivity contribution in [2.24, 2.45) is 0 Å². The Labute approximate surface area is 170 Å². The molecule has 3 aromatic carbocycles. The largest absolute Gasteiger partial charge is 0.256 e. The first-order chi connectivity index (χ1) is 14.4. The summed E-state index contributed by atoms with van der Waals surface area (Å²) in [5, 5.41) is 1.16. The van der Waals surface area contributed by atoms with E-state index in [2.05, 4.69) is 96.0 Å². The second-order valence-corrected chi connectivity index (χ2v) is 7.13. The number of rotatable bonds is 4. The molecule has 0 bridgehead atoms. The molecule has 0 saturated heterocycles. The summed E-state index contributed by atoms with van der Waals surface area (Å²) >= 11 is 0. The van der Waals surface area contributed by atoms with Gasteiger partial charge in [0.15, 0.2) is 0 Å². The predicted octanol–water partition coefficient (Wildman–Crippen LogP) is 6.55. The van der Waals surface area contributed by atoms with Gasteiger partial charge in [0.1, 0.15) is 0 Å². The van der Waals surface area contributed by atoms with E-state index in [1.54, 1.807) is 0 Å². The third-order valence-electron chi connectivity index (χ3n) is 5.16. The lowest BCUT2D eigenvalue weighted by Crippen LogP contribution is -1.96. The molecule has 0 radical (unpaired) electrons. The molecule has 0 atom stereocenters. The summed E-state index contributed by atoms with van der Waals surface area (Å²) < 4.78 is 0. The zero-order chi connectivity index (χ0) is 19.5. The Morgan fingerprint density at radius 2 is 1.34 bits per heavy atom. The maximum atomic E-state index is 4.95. The number of benzene rings is 3. The molecule has 0 spiro atoms. The van der Waals surface area contributed by atoms with Crippen molar-refractivity contribution >= 4 is 10.9 Å². The molecule has 0 fully saturated rings. The van der Waals surface area contributed by atoms with Gasteiger partial charge in [0.25, 0.3) is 0 Å². The molecule has 5 rings (SSSR count). The van der Waals surface area contributed by atoms with Crippen molar-refractivity contribution in [1.82, 2.24) is 9.97 Å². The molecule has 5 aromatic rings. The van der Waals surface area contributed by atoms with E-state index < -0.39 is 0 Å². The van der Waals surface area contributed by atoms with Crippen molar-refractivity contribution in [2.45, 2.75) is 6.42 Å². The highest BCUT2D eigenvalue weighted by Gasteiger charge is 2.07. The average molecular weight is 372 g/mol. The third-order valence-corrected chi connectivity index (χ3v) is 5.16. The van der Waals surface area contributed by atoms with Gasteiger partial charge in [-0.3, -0.25) is 9.97 Å². The first-order valence-corrected chi connectivity index (χ1v) is 9.81. The molecule has 2 nitrogen and oxygen atoms in total. The van der Waals surface area contributed by atoms with Crippen LogP contribution >= 0.6 is 0 Å². The molecule has 0 aliphatic rings. The van der Waals surface area contributed by atoms with Crippen molar-refractivity contribution < 1.29 is 0 Å². The summed E-state index contributed by atoms with van der Waals surface area (Å²) in [4.78, 5) is 9.53. The second-order valence-electron chi connectivity index (χ2n) is 7.13. The quantitative estimate of drug-likeness (QED) is 0.357. The molecule has 0 N–H and O–H groups in total. The maximum absolute atomic E-state index is 4.95. The Balaban J connectivity index is 1.49. The third kappa shape index (κ3) is 3.65. The van der Waals surface area contributed by atoms with Crippen LogP contribution in [0.25, 0.3) is 33.3 Å². The minimum Gasteiger partial charge on any atom is -0.256 e. The van der Waals surface area contributed by atoms with E-state index in [4.69, 9.17) is 4.98 Å². The highest BCUT2D eigenvalue weighted by molar-refractivity contribution is 5.81. The van der Waals surface area contributed by atoms with Crippen LogP contribution in [0.15, 0.2) is 109 Å². The van der Waals surface area contributed by atoms with Crippen LogP contribution in [0.4, 0.5) is 0 Å². The maximum Gasteiger partial charge on any atom is 0.0737 e. The molecule has 2 aromatic heterocycles. The zero-order valence-corrected chi connectivity index (χ0v) is 16.0. The van der Waals surface area contributed by atoms with Crippen LogP contribution in [-0.4, -0.2) is 9.97 Å². The molecule has 0 aliphatic heterocycles. The number of nitrogens with zero attached hydrogens (tertiary/aromatic N) is 2. The van der Waals surface area contributed by atoms with Crippen LogP contribution in [0.5, 0.6) is 0 Å². The van der Waals surface area contributed by atoms with Crippen LogP contribution in [0, 0.1) is 0 Å². The predicted molar refractivity (Wildman–Crippen MR) is 120 cm³/mol. The van der Waals surface area contributed by atoms with E-state index in [9.17, 15) is 0 Å². The summed E-state index contributed by atoms with van der Waals surface area (Å²) in [7, 11) is 0. The minimum atomic E-state index is 0.764. The van der Waals surface area contributed by atoms with Gasteiger partial charge < -0.3 is 0 Å². The fraction of sp³-hybridized carbons (Fsp3) is 0.0370. The van der Waals surface area contributed by atoms with Gasteiger partial charge in [-0.25, -0.2) is 0 Å². The van der Waals surface area contributed by atoms with Gasteiger partial charge in [-0.15, -0.1) is 0 Å². The molecule has 29 heavy (non-hydrogen) atoms. The fourth-order valence-electron chi connectivity index (χ4n) is 3.73. The number of para-hydroxylation sites is 1. The molecule has 2 heteroatoms. The number of aromatic nitrogens is 2. The van der Waals surface area contributed by atoms with Gasteiger partial charge in [-0.1, -0.05) is 78.9 Å². The summed E-state index contributed by atoms with van der Waals surface area (Å²) in [5.74, 6) is 0. The van der Waals surface area contributed by atoms with Crippen molar-refractivity contribution in [3.63, 3.8) is 0 Å². The summed E-state index contributed by atoms with van der Waals surface area (Å²) in [6.45, 7) is 0. The topological polar surface area (TPSA) is 25.8 Å². The van der Waals surface area contributed by atoms with Gasteiger partial charge in [0, 0.05) is 29.3 Å². The Hall–Kier alpha value is -3.78. The molecule has 138 valence electrons. The van der Waals surface area contributed by atoms with Crippen molar-refractivity contribution in [3.05, 3.63) is 121 Å². The van der Waals surface area contributed by atoms with Gasteiger partial charge in [-0.2, -0.15) is 0 Å². The first-order valence-electron chi connectivity index (χ1n) is 9.81. The zero-order valence-electron chi connectivity index (χ0n) is 16.0. The number of hydrogen-bond acceptors (Lipinski definition) is 2. The van der Waals surface area contributed by atoms with Crippen molar-refractivity contribution in [2.75, 3.05) is 0 Å². The van der Waals surface area contributed by atoms with Crippen LogP contribution in [-0.2, 0) is 6.42 Å². The van der Waals surface area contributed by atoms with Crippen LogP contribution in [0.1, 0.15) is 11.3 Å². The van der Waals surface area contributed by atoms with Gasteiger partial charge in [0.05, 0.1) is 11.2 Å². The number of pyridine rings is 2. The summed E-state index contributed by atoms with van der Waals surface area (Å²) in [6.07, 6.45) is 2.62. The van der Waals surface area contributed by atoms with Gasteiger partial charge >= 0.3 is 0 Å².